The summed E-state index contributed by atoms with van der Waals surface area (Å²) < 4.78 is 5.82. The van der Waals surface area contributed by atoms with Gasteiger partial charge in [0.15, 0.2) is 0 Å². The number of carbonyl (C=O) groups excluding carboxylic acids is 1. The minimum absolute atomic E-state index is 0.0214. The summed E-state index contributed by atoms with van der Waals surface area (Å²) in [6, 6.07) is 9.84. The number of aromatic nitrogens is 1. The van der Waals surface area contributed by atoms with Crippen molar-refractivity contribution < 1.29 is 9.53 Å². The summed E-state index contributed by atoms with van der Waals surface area (Å²) in [5.41, 5.74) is 0.880. The summed E-state index contributed by atoms with van der Waals surface area (Å²) in [6.45, 7) is 2.14. The third-order valence-electron chi connectivity index (χ3n) is 4.10. The van der Waals surface area contributed by atoms with Gasteiger partial charge in [-0.05, 0) is 37.9 Å². The van der Waals surface area contributed by atoms with Gasteiger partial charge in [0.05, 0.1) is 12.6 Å². The van der Waals surface area contributed by atoms with Crippen LogP contribution in [0.5, 0.6) is 5.75 Å². The molecule has 0 radical (unpaired) electrons. The first-order valence-electron chi connectivity index (χ1n) is 8.32. The zero-order valence-electron chi connectivity index (χ0n) is 13.3. The molecule has 0 unspecified atom stereocenters. The van der Waals surface area contributed by atoms with Gasteiger partial charge in [0.2, 0.25) is 5.91 Å². The molecule has 2 aromatic rings. The van der Waals surface area contributed by atoms with Crippen molar-refractivity contribution in [3.8, 4) is 5.75 Å². The van der Waals surface area contributed by atoms with Crippen LogP contribution >= 0.6 is 0 Å². The normalized spacial score (nSPS) is 17.8. The van der Waals surface area contributed by atoms with Crippen LogP contribution in [0.3, 0.4) is 0 Å². The number of benzene rings is 1. The van der Waals surface area contributed by atoms with E-state index in [2.05, 4.69) is 15.6 Å². The zero-order valence-corrected chi connectivity index (χ0v) is 13.3. The van der Waals surface area contributed by atoms with Crippen molar-refractivity contribution in [2.24, 2.45) is 0 Å². The fraction of sp³-hybridized carbons (Fsp3) is 0.444. The van der Waals surface area contributed by atoms with E-state index in [9.17, 15) is 4.79 Å². The number of fused-ring (bicyclic) bond motifs is 1. The lowest BCUT2D eigenvalue weighted by Crippen LogP contribution is -2.46. The second-order valence-electron chi connectivity index (χ2n) is 5.83. The predicted molar refractivity (Wildman–Crippen MR) is 90.5 cm³/mol. The molecule has 1 aromatic heterocycles. The number of nitrogens with one attached hydrogen (secondary N) is 2. The predicted octanol–water partition coefficient (Wildman–Crippen LogP) is 2.26. The largest absolute Gasteiger partial charge is 0.491 e. The molecule has 5 nitrogen and oxygen atoms in total. The molecule has 3 rings (SSSR count). The van der Waals surface area contributed by atoms with Gasteiger partial charge in [-0.3, -0.25) is 9.78 Å². The van der Waals surface area contributed by atoms with Crippen molar-refractivity contribution >= 4 is 16.8 Å². The number of pyridine rings is 1. The van der Waals surface area contributed by atoms with Gasteiger partial charge in [0.25, 0.3) is 0 Å². The van der Waals surface area contributed by atoms with Crippen LogP contribution in [-0.4, -0.2) is 36.6 Å². The highest BCUT2D eigenvalue weighted by Gasteiger charge is 2.19. The van der Waals surface area contributed by atoms with Crippen LogP contribution in [0.2, 0.25) is 0 Å². The third-order valence-corrected chi connectivity index (χ3v) is 4.10. The van der Waals surface area contributed by atoms with Crippen molar-refractivity contribution in [1.82, 2.24) is 15.6 Å². The second kappa shape index (κ2) is 7.92. The molecule has 0 spiro atoms. The minimum Gasteiger partial charge on any atom is -0.491 e. The maximum atomic E-state index is 12.0. The lowest BCUT2D eigenvalue weighted by Gasteiger charge is -2.22. The van der Waals surface area contributed by atoms with Crippen LogP contribution in [0.4, 0.5) is 0 Å². The highest BCUT2D eigenvalue weighted by atomic mass is 16.5. The number of nitrogens with zero attached hydrogens (tertiary/aromatic N) is 1. The lowest BCUT2D eigenvalue weighted by molar-refractivity contribution is -0.123. The Hall–Kier alpha value is -2.14. The maximum absolute atomic E-state index is 12.0. The quantitative estimate of drug-likeness (QED) is 0.803. The monoisotopic (exact) mass is 313 g/mol. The summed E-state index contributed by atoms with van der Waals surface area (Å²) in [5.74, 6) is 0.903. The Morgan fingerprint density at radius 3 is 3.09 bits per heavy atom. The first-order chi connectivity index (χ1) is 11.3. The Morgan fingerprint density at radius 2 is 2.22 bits per heavy atom. The molecule has 2 N–H and O–H groups in total. The zero-order chi connectivity index (χ0) is 15.9. The Morgan fingerprint density at radius 1 is 1.30 bits per heavy atom. The van der Waals surface area contributed by atoms with Gasteiger partial charge in [-0.2, -0.15) is 0 Å². The molecule has 2 heterocycles. The van der Waals surface area contributed by atoms with E-state index in [1.165, 1.54) is 0 Å². The summed E-state index contributed by atoms with van der Waals surface area (Å²) >= 11 is 0. The van der Waals surface area contributed by atoms with Crippen LogP contribution in [0.15, 0.2) is 36.5 Å². The Balaban J connectivity index is 1.42. The number of amides is 1. The molecule has 1 aliphatic heterocycles. The number of para-hydroxylation sites is 1. The average Bonchev–Trinajstić information content (AvgIpc) is 2.62. The standard InChI is InChI=1S/C18H23N3O2/c22-18(15-8-1-2-10-19-15)21-12-5-13-23-16-9-3-6-14-7-4-11-20-17(14)16/h3-4,6-7,9,11,15,19H,1-2,5,8,10,12-13H2,(H,21,22)/t15-/m1/s1. The number of hydrogen-bond donors (Lipinski definition) is 2. The second-order valence-corrected chi connectivity index (χ2v) is 5.83. The highest BCUT2D eigenvalue weighted by Crippen LogP contribution is 2.22. The number of ether oxygens (including phenoxy) is 1. The van der Waals surface area contributed by atoms with Crippen LogP contribution in [0.1, 0.15) is 25.7 Å². The number of rotatable bonds is 6. The van der Waals surface area contributed by atoms with E-state index in [0.29, 0.717) is 13.2 Å². The molecule has 0 bridgehead atoms. The molecule has 1 aromatic carbocycles. The number of hydrogen-bond acceptors (Lipinski definition) is 4. The summed E-state index contributed by atoms with van der Waals surface area (Å²) in [7, 11) is 0. The van der Waals surface area contributed by atoms with E-state index < -0.39 is 0 Å². The van der Waals surface area contributed by atoms with Crippen LogP contribution in [-0.2, 0) is 4.79 Å². The molecular formula is C18H23N3O2. The highest BCUT2D eigenvalue weighted by molar-refractivity contribution is 5.84. The van der Waals surface area contributed by atoms with Crippen molar-refractivity contribution in [2.45, 2.75) is 31.7 Å². The van der Waals surface area contributed by atoms with Gasteiger partial charge in [0.1, 0.15) is 11.3 Å². The van der Waals surface area contributed by atoms with E-state index in [4.69, 9.17) is 4.74 Å². The fourth-order valence-electron chi connectivity index (χ4n) is 2.86. The SMILES string of the molecule is O=C(NCCCOc1cccc2cccnc12)[C@H]1CCCCN1. The summed E-state index contributed by atoms with van der Waals surface area (Å²) in [4.78, 5) is 16.3. The number of piperidine rings is 1. The van der Waals surface area contributed by atoms with Gasteiger partial charge >= 0.3 is 0 Å². The van der Waals surface area contributed by atoms with Crippen LogP contribution < -0.4 is 15.4 Å². The van der Waals surface area contributed by atoms with Gasteiger partial charge in [-0.1, -0.05) is 24.6 Å². The van der Waals surface area contributed by atoms with Gasteiger partial charge < -0.3 is 15.4 Å². The van der Waals surface area contributed by atoms with E-state index in [1.807, 2.05) is 30.3 Å². The Labute approximate surface area is 136 Å². The summed E-state index contributed by atoms with van der Waals surface area (Å²) in [6.07, 6.45) is 5.78. The maximum Gasteiger partial charge on any atom is 0.237 e. The van der Waals surface area contributed by atoms with E-state index in [-0.39, 0.29) is 11.9 Å². The van der Waals surface area contributed by atoms with Crippen molar-refractivity contribution in [3.05, 3.63) is 36.5 Å². The molecular weight excluding hydrogens is 290 g/mol. The van der Waals surface area contributed by atoms with Crippen LogP contribution in [0, 0.1) is 0 Å². The van der Waals surface area contributed by atoms with E-state index in [1.54, 1.807) is 6.20 Å². The number of carbonyl (C=O) groups is 1. The smallest absolute Gasteiger partial charge is 0.237 e. The van der Waals surface area contributed by atoms with E-state index in [0.717, 1.165) is 48.9 Å². The molecule has 1 atom stereocenters. The molecule has 1 fully saturated rings. The first-order valence-corrected chi connectivity index (χ1v) is 8.32. The van der Waals surface area contributed by atoms with Crippen molar-refractivity contribution in [1.29, 1.82) is 0 Å². The van der Waals surface area contributed by atoms with Gasteiger partial charge in [-0.15, -0.1) is 0 Å². The van der Waals surface area contributed by atoms with Crippen molar-refractivity contribution in [2.75, 3.05) is 19.7 Å². The lowest BCUT2D eigenvalue weighted by atomic mass is 10.0. The first kappa shape index (κ1) is 15.7. The van der Waals surface area contributed by atoms with Crippen LogP contribution in [0.25, 0.3) is 10.9 Å². The molecule has 1 aliphatic rings. The van der Waals surface area contributed by atoms with E-state index >= 15 is 0 Å². The average molecular weight is 313 g/mol. The molecule has 0 aliphatic carbocycles. The molecule has 0 saturated carbocycles. The Bertz CT molecular complexity index is 648. The molecule has 1 amide bonds. The minimum atomic E-state index is -0.0214. The molecule has 122 valence electrons. The topological polar surface area (TPSA) is 63.2 Å². The van der Waals surface area contributed by atoms with Gasteiger partial charge in [0, 0.05) is 18.1 Å². The molecule has 23 heavy (non-hydrogen) atoms. The Kier molecular flexibility index (Phi) is 5.42. The third kappa shape index (κ3) is 4.20. The summed E-state index contributed by atoms with van der Waals surface area (Å²) in [5, 5.41) is 7.30. The van der Waals surface area contributed by atoms with Crippen molar-refractivity contribution in [3.63, 3.8) is 0 Å². The fourth-order valence-corrected chi connectivity index (χ4v) is 2.86. The molecule has 5 heteroatoms. The molecule has 1 saturated heterocycles. The van der Waals surface area contributed by atoms with Gasteiger partial charge in [-0.25, -0.2) is 0 Å².